The fourth-order valence-corrected chi connectivity index (χ4v) is 8.61. The lowest BCUT2D eigenvalue weighted by atomic mass is 10.00. The highest BCUT2D eigenvalue weighted by molar-refractivity contribution is 7.85. The molecule has 0 aromatic heterocycles. The van der Waals surface area contributed by atoms with E-state index in [0.717, 1.165) is 51.4 Å². The molecule has 1 aliphatic heterocycles. The zero-order chi connectivity index (χ0) is 47.6. The summed E-state index contributed by atoms with van der Waals surface area (Å²) in [6.07, 6.45) is 40.5. The fourth-order valence-electron chi connectivity index (χ4n) is 7.92. The van der Waals surface area contributed by atoms with Crippen molar-refractivity contribution in [3.63, 3.8) is 0 Å². The van der Waals surface area contributed by atoms with Gasteiger partial charge in [0.1, 0.15) is 36.8 Å². The number of unbranched alkanes of at least 4 members (excludes halogenated alkanes) is 26. The van der Waals surface area contributed by atoms with E-state index in [1.54, 1.807) is 0 Å². The Bertz CT molecular complexity index is 1330. The van der Waals surface area contributed by atoms with Crippen molar-refractivity contribution in [2.75, 3.05) is 19.0 Å². The van der Waals surface area contributed by atoms with E-state index < -0.39 is 71.2 Å². The lowest BCUT2D eigenvalue weighted by Crippen LogP contribution is -2.60. The molecule has 13 heteroatoms. The first-order valence-corrected chi connectivity index (χ1v) is 27.7. The molecule has 12 nitrogen and oxygen atoms in total. The first kappa shape index (κ1) is 60.9. The number of hydrogen-bond donors (Lipinski definition) is 4. The van der Waals surface area contributed by atoms with Gasteiger partial charge < -0.3 is 34.3 Å². The van der Waals surface area contributed by atoms with Crippen molar-refractivity contribution >= 4 is 22.1 Å². The Hall–Kier alpha value is -2.13. The number of rotatable bonds is 44. The zero-order valence-electron chi connectivity index (χ0n) is 40.8. The zero-order valence-corrected chi connectivity index (χ0v) is 41.7. The third-order valence-electron chi connectivity index (χ3n) is 12.0. The van der Waals surface area contributed by atoms with Gasteiger partial charge in [-0.1, -0.05) is 198 Å². The van der Waals surface area contributed by atoms with Crippen molar-refractivity contribution in [3.05, 3.63) is 36.5 Å². The van der Waals surface area contributed by atoms with Crippen LogP contribution in [-0.2, 0) is 38.7 Å². The molecule has 0 radical (unpaired) electrons. The van der Waals surface area contributed by atoms with E-state index >= 15 is 0 Å². The van der Waals surface area contributed by atoms with Crippen LogP contribution in [0.1, 0.15) is 226 Å². The van der Waals surface area contributed by atoms with E-state index in [1.807, 2.05) is 0 Å². The molecule has 0 spiro atoms. The second-order valence-corrected chi connectivity index (χ2v) is 19.7. The number of hydrogen-bond acceptors (Lipinski definition) is 11. The Kier molecular flexibility index (Phi) is 39.4. The minimum atomic E-state index is -4.61. The highest BCUT2D eigenvalue weighted by Gasteiger charge is 2.46. The summed E-state index contributed by atoms with van der Waals surface area (Å²) in [5.74, 6) is -2.02. The molecule has 6 atom stereocenters. The van der Waals surface area contributed by atoms with Crippen LogP contribution in [-0.4, -0.2) is 96.0 Å². The number of aliphatic hydroxyl groups excluding tert-OH is 3. The molecule has 0 bridgehead atoms. The number of allylic oxidation sites excluding steroid dienone is 6. The van der Waals surface area contributed by atoms with Gasteiger partial charge in [0.05, 0.1) is 6.61 Å². The molecule has 2 unspecified atom stereocenters. The quantitative estimate of drug-likeness (QED) is 0.0196. The second kappa shape index (κ2) is 42.0. The molecule has 65 heavy (non-hydrogen) atoms. The summed E-state index contributed by atoms with van der Waals surface area (Å²) < 4.78 is 54.2. The second-order valence-electron chi connectivity index (χ2n) is 18.2. The summed E-state index contributed by atoms with van der Waals surface area (Å²) in [5.41, 5.74) is 0. The van der Waals surface area contributed by atoms with Crippen LogP contribution < -0.4 is 0 Å². The van der Waals surface area contributed by atoms with E-state index in [0.29, 0.717) is 12.8 Å². The summed E-state index contributed by atoms with van der Waals surface area (Å²) in [6.45, 7) is 3.73. The summed E-state index contributed by atoms with van der Waals surface area (Å²) in [4.78, 5) is 25.5. The van der Waals surface area contributed by atoms with Crippen LogP contribution in [0.5, 0.6) is 0 Å². The molecule has 1 rings (SSSR count). The average Bonchev–Trinajstić information content (AvgIpc) is 3.27. The third-order valence-corrected chi connectivity index (χ3v) is 12.7. The molecule has 0 amide bonds. The van der Waals surface area contributed by atoms with Crippen LogP contribution >= 0.6 is 0 Å². The Labute approximate surface area is 395 Å². The summed E-state index contributed by atoms with van der Waals surface area (Å²) in [7, 11) is -4.61. The smallest absolute Gasteiger partial charge is 0.306 e. The average molecular weight is 943 g/mol. The van der Waals surface area contributed by atoms with Gasteiger partial charge in [0.15, 0.2) is 12.4 Å². The topological polar surface area (TPSA) is 186 Å². The van der Waals surface area contributed by atoms with Crippen LogP contribution in [0, 0.1) is 0 Å². The first-order valence-electron chi connectivity index (χ1n) is 26.0. The van der Waals surface area contributed by atoms with Crippen molar-refractivity contribution in [2.24, 2.45) is 0 Å². The van der Waals surface area contributed by atoms with E-state index in [9.17, 15) is 37.9 Å². The summed E-state index contributed by atoms with van der Waals surface area (Å²) in [6, 6.07) is 0. The Morgan fingerprint density at radius 1 is 0.523 bits per heavy atom. The van der Waals surface area contributed by atoms with Crippen LogP contribution in [0.2, 0.25) is 0 Å². The van der Waals surface area contributed by atoms with E-state index in [1.165, 1.54) is 135 Å². The lowest BCUT2D eigenvalue weighted by Gasteiger charge is -2.40. The lowest BCUT2D eigenvalue weighted by molar-refractivity contribution is -0.297. The van der Waals surface area contributed by atoms with Crippen molar-refractivity contribution in [1.82, 2.24) is 0 Å². The number of carbonyl (C=O) groups excluding carboxylic acids is 2. The number of ether oxygens (including phenoxy) is 4. The SMILES string of the molecule is CCCCC/C=C/C/C=C/C/C=C/CCCCC(=O)O[C@H](COC(=O)CCCCCCCCCCCCCCCCCCCCCCCC)CO[C@H]1O[C@H](CS(=O)(=O)O)[C@@H](O)C(O)C1O. The van der Waals surface area contributed by atoms with E-state index in [4.69, 9.17) is 18.9 Å². The van der Waals surface area contributed by atoms with Gasteiger partial charge in [-0.2, -0.15) is 8.42 Å². The van der Waals surface area contributed by atoms with Gasteiger partial charge in [-0.15, -0.1) is 0 Å². The number of carbonyl (C=O) groups is 2. The summed E-state index contributed by atoms with van der Waals surface area (Å²) >= 11 is 0. The van der Waals surface area contributed by atoms with Gasteiger partial charge in [0.2, 0.25) is 0 Å². The minimum absolute atomic E-state index is 0.117. The Balaban J connectivity index is 2.35. The monoisotopic (exact) mass is 943 g/mol. The molecule has 1 fully saturated rings. The van der Waals surface area contributed by atoms with Gasteiger partial charge in [-0.05, 0) is 51.4 Å². The highest BCUT2D eigenvalue weighted by atomic mass is 32.2. The van der Waals surface area contributed by atoms with Gasteiger partial charge in [0.25, 0.3) is 10.1 Å². The third kappa shape index (κ3) is 36.6. The minimum Gasteiger partial charge on any atom is -0.462 e. The molecule has 0 aliphatic carbocycles. The van der Waals surface area contributed by atoms with Gasteiger partial charge in [0, 0.05) is 12.8 Å². The maximum atomic E-state index is 12.8. The standard InChI is InChI=1S/C52H94O12S/c1-3-5-7-9-11-13-15-17-19-20-21-22-23-24-25-27-28-30-32-34-36-38-40-47(53)61-42-45(43-62-52-51(57)50(56)49(55)46(64-52)44-65(58,59)60)63-48(54)41-39-37-35-33-31-29-26-18-16-14-12-10-8-6-4-2/h12,14,18,26,31,33,45-46,49-52,55-57H,3-11,13,15-17,19-25,27-30,32,34-44H2,1-2H3,(H,58,59,60)/b14-12+,26-18+,33-31+/t45-,46-,49-,50?,51?,52+/m1/s1. The predicted octanol–water partition coefficient (Wildman–Crippen LogP) is 11.7. The van der Waals surface area contributed by atoms with Crippen LogP contribution in [0.25, 0.3) is 0 Å². The van der Waals surface area contributed by atoms with E-state index in [2.05, 4.69) is 50.3 Å². The molecular weight excluding hydrogens is 849 g/mol. The van der Waals surface area contributed by atoms with Crippen LogP contribution in [0.15, 0.2) is 36.5 Å². The molecule has 0 aromatic carbocycles. The number of aliphatic hydroxyl groups is 3. The molecule has 1 saturated heterocycles. The number of esters is 2. The Morgan fingerprint density at radius 2 is 0.923 bits per heavy atom. The van der Waals surface area contributed by atoms with Gasteiger partial charge >= 0.3 is 11.9 Å². The Morgan fingerprint density at radius 3 is 1.40 bits per heavy atom. The summed E-state index contributed by atoms with van der Waals surface area (Å²) in [5, 5.41) is 31.0. The van der Waals surface area contributed by atoms with Crippen molar-refractivity contribution in [1.29, 1.82) is 0 Å². The highest BCUT2D eigenvalue weighted by Crippen LogP contribution is 2.24. The molecule has 0 saturated carbocycles. The normalized spacial score (nSPS) is 19.8. The molecule has 0 aromatic rings. The largest absolute Gasteiger partial charge is 0.462 e. The van der Waals surface area contributed by atoms with Crippen molar-refractivity contribution < 1.29 is 56.8 Å². The molecular formula is C52H94O12S. The van der Waals surface area contributed by atoms with Crippen molar-refractivity contribution in [3.8, 4) is 0 Å². The van der Waals surface area contributed by atoms with Gasteiger partial charge in [-0.25, -0.2) is 0 Å². The van der Waals surface area contributed by atoms with Crippen molar-refractivity contribution in [2.45, 2.75) is 263 Å². The van der Waals surface area contributed by atoms with Crippen LogP contribution in [0.3, 0.4) is 0 Å². The maximum Gasteiger partial charge on any atom is 0.306 e. The van der Waals surface area contributed by atoms with Crippen LogP contribution in [0.4, 0.5) is 0 Å². The molecule has 4 N–H and O–H groups in total. The first-order chi connectivity index (χ1) is 31.5. The van der Waals surface area contributed by atoms with E-state index in [-0.39, 0.29) is 19.4 Å². The fraction of sp³-hybridized carbons (Fsp3) is 0.846. The molecule has 1 heterocycles. The van der Waals surface area contributed by atoms with Gasteiger partial charge in [-0.3, -0.25) is 14.1 Å². The molecule has 1 aliphatic rings. The maximum absolute atomic E-state index is 12.8. The predicted molar refractivity (Wildman–Crippen MR) is 261 cm³/mol. The molecule has 380 valence electrons.